The maximum atomic E-state index is 12.2. The number of aromatic hydroxyl groups is 1. The van der Waals surface area contributed by atoms with Gasteiger partial charge in [-0.3, -0.25) is 0 Å². The van der Waals surface area contributed by atoms with E-state index in [1.807, 2.05) is 0 Å². The third kappa shape index (κ3) is 1.36. The fourth-order valence-electron chi connectivity index (χ4n) is 0.551. The molecule has 1 N–H and O–H groups in total. The molecule has 0 fully saturated rings. The molecule has 1 heterocycles. The fourth-order valence-corrected chi connectivity index (χ4v) is 0.697. The minimum absolute atomic E-state index is 0.223. The molecule has 0 saturated carbocycles. The Morgan fingerprint density at radius 2 is 2.40 bits per heavy atom. The van der Waals surface area contributed by atoms with Gasteiger partial charge in [0.2, 0.25) is 0 Å². The predicted molar refractivity (Wildman–Crippen MR) is 35.4 cm³/mol. The number of halogens is 2. The van der Waals surface area contributed by atoms with E-state index in [0.29, 0.717) is 5.56 Å². The Labute approximate surface area is 62.3 Å². The Balaban J connectivity index is 3.04. The van der Waals surface area contributed by atoms with Crippen LogP contribution in [-0.2, 0) is 5.88 Å². The number of hydrogen-bond acceptors (Lipinski definition) is 2. The van der Waals surface area contributed by atoms with Gasteiger partial charge < -0.3 is 5.11 Å². The highest BCUT2D eigenvalue weighted by Gasteiger charge is 2.00. The number of nitrogens with zero attached hydrogens (tertiary/aromatic N) is 1. The van der Waals surface area contributed by atoms with Crippen molar-refractivity contribution in [2.45, 2.75) is 5.88 Å². The first-order chi connectivity index (χ1) is 4.74. The summed E-state index contributed by atoms with van der Waals surface area (Å²) in [5.74, 6) is -1.10. The lowest BCUT2D eigenvalue weighted by atomic mass is 10.3. The summed E-state index contributed by atoms with van der Waals surface area (Å²) in [6.07, 6.45) is 1.28. The first-order valence-electron chi connectivity index (χ1n) is 2.63. The molecule has 4 heteroatoms. The molecule has 0 aliphatic carbocycles. The van der Waals surface area contributed by atoms with Crippen LogP contribution in [0.2, 0.25) is 0 Å². The summed E-state index contributed by atoms with van der Waals surface area (Å²) in [6, 6.07) is 1.25. The average molecular weight is 162 g/mol. The quantitative estimate of drug-likeness (QED) is 0.502. The van der Waals surface area contributed by atoms with Crippen molar-refractivity contribution < 1.29 is 9.50 Å². The highest BCUT2D eigenvalue weighted by molar-refractivity contribution is 6.17. The number of rotatable bonds is 1. The lowest BCUT2D eigenvalue weighted by Crippen LogP contribution is -1.85. The molecule has 2 nitrogen and oxygen atoms in total. The van der Waals surface area contributed by atoms with Crippen molar-refractivity contribution in [2.75, 3.05) is 0 Å². The molecule has 1 rings (SSSR count). The topological polar surface area (TPSA) is 33.1 Å². The molecular weight excluding hydrogens is 157 g/mol. The molecule has 0 spiro atoms. The minimum Gasteiger partial charge on any atom is -0.504 e. The van der Waals surface area contributed by atoms with Crippen LogP contribution < -0.4 is 0 Å². The SMILES string of the molecule is Oc1cc(CCl)cnc1F. The first kappa shape index (κ1) is 7.28. The molecule has 0 bridgehead atoms. The normalized spacial score (nSPS) is 9.80. The predicted octanol–water partition coefficient (Wildman–Crippen LogP) is 1.67. The van der Waals surface area contributed by atoms with Crippen molar-refractivity contribution in [1.29, 1.82) is 0 Å². The standard InChI is InChI=1S/C6H5ClFNO/c7-2-4-1-5(10)6(8)9-3-4/h1,3,10H,2H2. The third-order valence-corrected chi connectivity index (χ3v) is 1.34. The van der Waals surface area contributed by atoms with Gasteiger partial charge in [-0.25, -0.2) is 4.98 Å². The van der Waals surface area contributed by atoms with E-state index in [2.05, 4.69) is 4.98 Å². The number of alkyl halides is 1. The zero-order chi connectivity index (χ0) is 7.56. The lowest BCUT2D eigenvalue weighted by Gasteiger charge is -1.95. The monoisotopic (exact) mass is 161 g/mol. The Hall–Kier alpha value is -0.830. The molecule has 1 aromatic heterocycles. The molecule has 0 aliphatic heterocycles. The molecule has 10 heavy (non-hydrogen) atoms. The van der Waals surface area contributed by atoms with Crippen LogP contribution in [0.1, 0.15) is 5.56 Å². The van der Waals surface area contributed by atoms with Crippen LogP contribution in [-0.4, -0.2) is 10.1 Å². The summed E-state index contributed by atoms with van der Waals surface area (Å²) in [5, 5.41) is 8.74. The second kappa shape index (κ2) is 2.84. The van der Waals surface area contributed by atoms with Gasteiger partial charge in [0.05, 0.1) is 0 Å². The maximum Gasteiger partial charge on any atom is 0.254 e. The second-order valence-corrected chi connectivity index (χ2v) is 2.05. The van der Waals surface area contributed by atoms with Crippen molar-refractivity contribution in [1.82, 2.24) is 4.98 Å². The molecule has 0 saturated heterocycles. The fraction of sp³-hybridized carbons (Fsp3) is 0.167. The molecule has 0 radical (unpaired) electrons. The van der Waals surface area contributed by atoms with Crippen molar-refractivity contribution in [3.8, 4) is 5.75 Å². The highest BCUT2D eigenvalue weighted by Crippen LogP contribution is 2.14. The van der Waals surface area contributed by atoms with E-state index < -0.39 is 11.7 Å². The van der Waals surface area contributed by atoms with E-state index in [1.165, 1.54) is 12.3 Å². The van der Waals surface area contributed by atoms with Crippen LogP contribution in [0, 0.1) is 5.95 Å². The van der Waals surface area contributed by atoms with E-state index in [-0.39, 0.29) is 5.88 Å². The summed E-state index contributed by atoms with van der Waals surface area (Å²) < 4.78 is 12.2. The van der Waals surface area contributed by atoms with Gasteiger partial charge >= 0.3 is 0 Å². The molecule has 0 aliphatic rings. The van der Waals surface area contributed by atoms with Gasteiger partial charge in [-0.15, -0.1) is 11.6 Å². The van der Waals surface area contributed by atoms with Crippen molar-refractivity contribution >= 4 is 11.6 Å². The van der Waals surface area contributed by atoms with Crippen molar-refractivity contribution in [3.05, 3.63) is 23.8 Å². The van der Waals surface area contributed by atoms with Gasteiger partial charge in [-0.05, 0) is 11.6 Å². The minimum atomic E-state index is -0.867. The van der Waals surface area contributed by atoms with E-state index in [9.17, 15) is 4.39 Å². The highest BCUT2D eigenvalue weighted by atomic mass is 35.5. The Kier molecular flexibility index (Phi) is 2.06. The van der Waals surface area contributed by atoms with Gasteiger partial charge in [-0.1, -0.05) is 0 Å². The maximum absolute atomic E-state index is 12.2. The van der Waals surface area contributed by atoms with Crippen molar-refractivity contribution in [2.24, 2.45) is 0 Å². The van der Waals surface area contributed by atoms with Gasteiger partial charge in [0.25, 0.3) is 5.95 Å². The van der Waals surface area contributed by atoms with Gasteiger partial charge in [0.15, 0.2) is 5.75 Å². The van der Waals surface area contributed by atoms with E-state index in [0.717, 1.165) is 0 Å². The van der Waals surface area contributed by atoms with Crippen LogP contribution in [0.3, 0.4) is 0 Å². The van der Waals surface area contributed by atoms with Crippen LogP contribution in [0.25, 0.3) is 0 Å². The zero-order valence-electron chi connectivity index (χ0n) is 5.01. The number of pyridine rings is 1. The Morgan fingerprint density at radius 3 is 2.90 bits per heavy atom. The molecular formula is C6H5ClFNO. The largest absolute Gasteiger partial charge is 0.504 e. The van der Waals surface area contributed by atoms with Crippen LogP contribution >= 0.6 is 11.6 Å². The van der Waals surface area contributed by atoms with Gasteiger partial charge in [0, 0.05) is 12.1 Å². The lowest BCUT2D eigenvalue weighted by molar-refractivity contribution is 0.418. The Morgan fingerprint density at radius 1 is 1.70 bits per heavy atom. The molecule has 54 valence electrons. The van der Waals surface area contributed by atoms with Crippen molar-refractivity contribution in [3.63, 3.8) is 0 Å². The summed E-state index contributed by atoms with van der Waals surface area (Å²) >= 11 is 5.38. The van der Waals surface area contributed by atoms with Crippen LogP contribution in [0.5, 0.6) is 5.75 Å². The van der Waals surface area contributed by atoms with E-state index >= 15 is 0 Å². The summed E-state index contributed by atoms with van der Waals surface area (Å²) in [4.78, 5) is 3.25. The van der Waals surface area contributed by atoms with Crippen LogP contribution in [0.4, 0.5) is 4.39 Å². The number of aromatic nitrogens is 1. The summed E-state index contributed by atoms with van der Waals surface area (Å²) in [5.41, 5.74) is 0.598. The smallest absolute Gasteiger partial charge is 0.254 e. The average Bonchev–Trinajstić information content (AvgIpc) is 1.95. The summed E-state index contributed by atoms with van der Waals surface area (Å²) in [7, 11) is 0. The second-order valence-electron chi connectivity index (χ2n) is 1.79. The number of hydrogen-bond donors (Lipinski definition) is 1. The molecule has 0 unspecified atom stereocenters. The van der Waals surface area contributed by atoms with Gasteiger partial charge in [0.1, 0.15) is 0 Å². The molecule has 1 aromatic rings. The van der Waals surface area contributed by atoms with E-state index in [1.54, 1.807) is 0 Å². The molecule has 0 aromatic carbocycles. The zero-order valence-corrected chi connectivity index (χ0v) is 5.77. The molecule has 0 atom stereocenters. The molecule has 0 amide bonds. The van der Waals surface area contributed by atoms with Gasteiger partial charge in [-0.2, -0.15) is 4.39 Å². The third-order valence-electron chi connectivity index (χ3n) is 1.03. The van der Waals surface area contributed by atoms with E-state index in [4.69, 9.17) is 16.7 Å². The first-order valence-corrected chi connectivity index (χ1v) is 3.17. The Bertz CT molecular complexity index is 241. The van der Waals surface area contributed by atoms with Crippen LogP contribution in [0.15, 0.2) is 12.3 Å². The summed E-state index contributed by atoms with van der Waals surface area (Å²) in [6.45, 7) is 0.